The number of primary amides is 1. The molecule has 1 rings (SSSR count). The van der Waals surface area contributed by atoms with E-state index in [2.05, 4.69) is 10.3 Å². The second-order valence-corrected chi connectivity index (χ2v) is 3.84. The van der Waals surface area contributed by atoms with Gasteiger partial charge in [0.15, 0.2) is 0 Å². The molecular formula is C12H17N3O4. The summed E-state index contributed by atoms with van der Waals surface area (Å²) in [5, 5.41) is 11.9. The van der Waals surface area contributed by atoms with Crippen molar-refractivity contribution in [3.63, 3.8) is 0 Å². The number of ether oxygens (including phenoxy) is 1. The Morgan fingerprint density at radius 1 is 1.47 bits per heavy atom. The van der Waals surface area contributed by atoms with Gasteiger partial charge >= 0.3 is 5.97 Å². The van der Waals surface area contributed by atoms with E-state index >= 15 is 0 Å². The summed E-state index contributed by atoms with van der Waals surface area (Å²) in [5.74, 6) is -1.05. The van der Waals surface area contributed by atoms with Gasteiger partial charge < -0.3 is 20.9 Å². The van der Waals surface area contributed by atoms with Gasteiger partial charge in [0.25, 0.3) is 0 Å². The predicted octanol–water partition coefficient (Wildman–Crippen LogP) is 0.256. The predicted molar refractivity (Wildman–Crippen MR) is 69.1 cm³/mol. The third-order valence-corrected chi connectivity index (χ3v) is 2.28. The van der Waals surface area contributed by atoms with Gasteiger partial charge in [0.2, 0.25) is 5.91 Å². The number of carboxylic acids is 1. The van der Waals surface area contributed by atoms with Crippen molar-refractivity contribution in [1.82, 2.24) is 4.98 Å². The fourth-order valence-electron chi connectivity index (χ4n) is 1.41. The van der Waals surface area contributed by atoms with Crippen molar-refractivity contribution >= 4 is 17.7 Å². The third kappa shape index (κ3) is 5.35. The first kappa shape index (κ1) is 14.9. The molecule has 0 spiro atoms. The number of nitrogens with zero attached hydrogens (tertiary/aromatic N) is 1. The van der Waals surface area contributed by atoms with Gasteiger partial charge in [-0.25, -0.2) is 9.78 Å². The average molecular weight is 267 g/mol. The monoisotopic (exact) mass is 267 g/mol. The Labute approximate surface area is 110 Å². The van der Waals surface area contributed by atoms with E-state index in [9.17, 15) is 9.59 Å². The molecule has 0 aliphatic carbocycles. The number of hydrogen-bond donors (Lipinski definition) is 3. The lowest BCUT2D eigenvalue weighted by atomic mass is 10.2. The van der Waals surface area contributed by atoms with Gasteiger partial charge in [-0.15, -0.1) is 0 Å². The van der Waals surface area contributed by atoms with E-state index in [1.54, 1.807) is 0 Å². The lowest BCUT2D eigenvalue weighted by Crippen LogP contribution is -2.20. The number of nitrogens with one attached hydrogen (secondary N) is 1. The van der Waals surface area contributed by atoms with E-state index < -0.39 is 11.9 Å². The minimum atomic E-state index is -0.995. The number of pyridine rings is 1. The van der Waals surface area contributed by atoms with Gasteiger partial charge in [-0.05, 0) is 18.6 Å². The van der Waals surface area contributed by atoms with Crippen molar-refractivity contribution in [2.75, 3.05) is 25.1 Å². The SMILES string of the molecule is CCc1cc(C(=O)O)cc(NCCOCC(N)=O)n1. The molecule has 1 aromatic heterocycles. The van der Waals surface area contributed by atoms with Crippen LogP contribution < -0.4 is 11.1 Å². The lowest BCUT2D eigenvalue weighted by molar-refractivity contribution is -0.122. The Kier molecular flexibility index (Phi) is 5.74. The molecular weight excluding hydrogens is 250 g/mol. The summed E-state index contributed by atoms with van der Waals surface area (Å²) in [6.07, 6.45) is 0.647. The van der Waals surface area contributed by atoms with Crippen LogP contribution in [0.5, 0.6) is 0 Å². The zero-order valence-corrected chi connectivity index (χ0v) is 10.7. The molecule has 0 aromatic carbocycles. The molecule has 0 unspecified atom stereocenters. The molecule has 0 bridgehead atoms. The molecule has 19 heavy (non-hydrogen) atoms. The van der Waals surface area contributed by atoms with Crippen LogP contribution in [-0.4, -0.2) is 41.7 Å². The zero-order chi connectivity index (χ0) is 14.3. The number of aromatic carboxylic acids is 1. The molecule has 0 atom stereocenters. The highest BCUT2D eigenvalue weighted by Gasteiger charge is 2.07. The van der Waals surface area contributed by atoms with Gasteiger partial charge in [-0.1, -0.05) is 6.92 Å². The first-order valence-corrected chi connectivity index (χ1v) is 5.87. The van der Waals surface area contributed by atoms with Crippen molar-refractivity contribution < 1.29 is 19.4 Å². The standard InChI is InChI=1S/C12H17N3O4/c1-2-9-5-8(12(17)18)6-11(15-9)14-3-4-19-7-10(13)16/h5-6H,2-4,7H2,1H3,(H2,13,16)(H,14,15)(H,17,18). The number of carbonyl (C=O) groups is 2. The summed E-state index contributed by atoms with van der Waals surface area (Å²) < 4.78 is 4.97. The molecule has 4 N–H and O–H groups in total. The molecule has 0 saturated carbocycles. The maximum absolute atomic E-state index is 10.9. The Morgan fingerprint density at radius 3 is 2.79 bits per heavy atom. The minimum absolute atomic E-state index is 0.134. The largest absolute Gasteiger partial charge is 0.478 e. The number of aryl methyl sites for hydroxylation is 1. The Hall–Kier alpha value is -2.15. The second-order valence-electron chi connectivity index (χ2n) is 3.84. The minimum Gasteiger partial charge on any atom is -0.478 e. The van der Waals surface area contributed by atoms with E-state index in [1.807, 2.05) is 6.92 Å². The molecule has 0 radical (unpaired) electrons. The van der Waals surface area contributed by atoms with Crippen LogP contribution in [0.3, 0.4) is 0 Å². The van der Waals surface area contributed by atoms with Crippen molar-refractivity contribution in [1.29, 1.82) is 0 Å². The normalized spacial score (nSPS) is 10.2. The number of nitrogens with two attached hydrogens (primary N) is 1. The van der Waals surface area contributed by atoms with Crippen molar-refractivity contribution in [3.8, 4) is 0 Å². The second kappa shape index (κ2) is 7.32. The van der Waals surface area contributed by atoms with E-state index in [1.165, 1.54) is 12.1 Å². The highest BCUT2D eigenvalue weighted by Crippen LogP contribution is 2.11. The van der Waals surface area contributed by atoms with Gasteiger partial charge in [0, 0.05) is 12.2 Å². The average Bonchev–Trinajstić information content (AvgIpc) is 2.37. The number of carbonyl (C=O) groups excluding carboxylic acids is 1. The summed E-state index contributed by atoms with van der Waals surface area (Å²) in [4.78, 5) is 25.6. The van der Waals surface area contributed by atoms with E-state index in [0.717, 1.165) is 0 Å². The molecule has 104 valence electrons. The number of carboxylic acid groups (broad SMARTS) is 1. The van der Waals surface area contributed by atoms with Crippen LogP contribution in [-0.2, 0) is 16.0 Å². The number of aromatic nitrogens is 1. The quantitative estimate of drug-likeness (QED) is 0.582. The van der Waals surface area contributed by atoms with Gasteiger partial charge in [-0.2, -0.15) is 0 Å². The molecule has 7 nitrogen and oxygen atoms in total. The van der Waals surface area contributed by atoms with Crippen molar-refractivity contribution in [2.45, 2.75) is 13.3 Å². The smallest absolute Gasteiger partial charge is 0.335 e. The summed E-state index contributed by atoms with van der Waals surface area (Å²) in [7, 11) is 0. The van der Waals surface area contributed by atoms with Crippen LogP contribution in [0.4, 0.5) is 5.82 Å². The van der Waals surface area contributed by atoms with E-state index in [-0.39, 0.29) is 18.8 Å². The van der Waals surface area contributed by atoms with E-state index in [0.29, 0.717) is 24.5 Å². The molecule has 1 heterocycles. The molecule has 0 fully saturated rings. The van der Waals surface area contributed by atoms with Crippen LogP contribution in [0.1, 0.15) is 23.0 Å². The topological polar surface area (TPSA) is 115 Å². The molecule has 0 aliphatic heterocycles. The number of hydrogen-bond acceptors (Lipinski definition) is 5. The van der Waals surface area contributed by atoms with Crippen LogP contribution in [0.2, 0.25) is 0 Å². The maximum atomic E-state index is 10.9. The summed E-state index contributed by atoms with van der Waals surface area (Å²) >= 11 is 0. The molecule has 0 saturated heterocycles. The van der Waals surface area contributed by atoms with Crippen LogP contribution >= 0.6 is 0 Å². The van der Waals surface area contributed by atoms with Crippen molar-refractivity contribution in [3.05, 3.63) is 23.4 Å². The summed E-state index contributed by atoms with van der Waals surface area (Å²) in [6.45, 7) is 2.45. The van der Waals surface area contributed by atoms with E-state index in [4.69, 9.17) is 15.6 Å². The van der Waals surface area contributed by atoms with Gasteiger partial charge in [-0.3, -0.25) is 4.79 Å². The summed E-state index contributed by atoms with van der Waals surface area (Å²) in [6, 6.07) is 2.99. The fourth-order valence-corrected chi connectivity index (χ4v) is 1.41. The molecule has 1 amide bonds. The zero-order valence-electron chi connectivity index (χ0n) is 10.7. The van der Waals surface area contributed by atoms with Crippen LogP contribution in [0.25, 0.3) is 0 Å². The highest BCUT2D eigenvalue weighted by molar-refractivity contribution is 5.88. The molecule has 7 heteroatoms. The first-order chi connectivity index (χ1) is 9.02. The molecule has 0 aliphatic rings. The van der Waals surface area contributed by atoms with Gasteiger partial charge in [0.05, 0.1) is 12.2 Å². The summed E-state index contributed by atoms with van der Waals surface area (Å²) in [5.41, 5.74) is 5.80. The lowest BCUT2D eigenvalue weighted by Gasteiger charge is -2.08. The molecule has 1 aromatic rings. The Balaban J connectivity index is 2.55. The van der Waals surface area contributed by atoms with Crippen LogP contribution in [0, 0.1) is 0 Å². The Morgan fingerprint density at radius 2 is 2.21 bits per heavy atom. The Bertz CT molecular complexity index is 462. The third-order valence-electron chi connectivity index (χ3n) is 2.28. The fraction of sp³-hybridized carbons (Fsp3) is 0.417. The number of rotatable bonds is 8. The number of amides is 1. The maximum Gasteiger partial charge on any atom is 0.335 e. The van der Waals surface area contributed by atoms with Crippen LogP contribution in [0.15, 0.2) is 12.1 Å². The number of anilines is 1. The van der Waals surface area contributed by atoms with Gasteiger partial charge in [0.1, 0.15) is 12.4 Å². The highest BCUT2D eigenvalue weighted by atomic mass is 16.5. The van der Waals surface area contributed by atoms with Crippen molar-refractivity contribution in [2.24, 2.45) is 5.73 Å². The first-order valence-electron chi connectivity index (χ1n) is 5.87.